The zero-order valence-electron chi connectivity index (χ0n) is 18.3. The maximum Gasteiger partial charge on any atom is 0.201 e. The lowest BCUT2D eigenvalue weighted by molar-refractivity contribution is 0.166. The van der Waals surface area contributed by atoms with Crippen LogP contribution in [0.2, 0.25) is 0 Å². The Hall–Kier alpha value is -3.31. The van der Waals surface area contributed by atoms with E-state index in [9.17, 15) is 18.3 Å². The highest BCUT2D eigenvalue weighted by Crippen LogP contribution is 2.33. The van der Waals surface area contributed by atoms with Crippen molar-refractivity contribution in [2.75, 3.05) is 6.61 Å². The normalized spacial score (nSPS) is 16.2. The predicted octanol–water partition coefficient (Wildman–Crippen LogP) is 7.32. The van der Waals surface area contributed by atoms with Gasteiger partial charge < -0.3 is 9.84 Å². The van der Waals surface area contributed by atoms with Crippen molar-refractivity contribution >= 4 is 5.57 Å². The fraction of sp³-hybridized carbons (Fsp3) is 0.214. The first-order chi connectivity index (χ1) is 16.0. The number of halogens is 3. The molecule has 0 amide bonds. The van der Waals surface area contributed by atoms with E-state index in [0.29, 0.717) is 36.0 Å². The second-order valence-electron chi connectivity index (χ2n) is 8.05. The second kappa shape index (κ2) is 10.1. The van der Waals surface area contributed by atoms with Gasteiger partial charge in [0.2, 0.25) is 5.82 Å². The Balaban J connectivity index is 1.55. The van der Waals surface area contributed by atoms with Gasteiger partial charge in [-0.15, -0.1) is 0 Å². The number of aliphatic hydroxyl groups is 1. The van der Waals surface area contributed by atoms with Gasteiger partial charge in [-0.05, 0) is 66.6 Å². The summed E-state index contributed by atoms with van der Waals surface area (Å²) >= 11 is 0. The summed E-state index contributed by atoms with van der Waals surface area (Å²) in [4.78, 5) is 0. The minimum Gasteiger partial charge on any atom is -0.486 e. The fourth-order valence-corrected chi connectivity index (χ4v) is 3.96. The lowest BCUT2D eigenvalue weighted by atomic mass is 9.90. The first-order valence-corrected chi connectivity index (χ1v) is 11.0. The van der Waals surface area contributed by atoms with Crippen LogP contribution in [0.15, 0.2) is 72.8 Å². The predicted molar refractivity (Wildman–Crippen MR) is 125 cm³/mol. The van der Waals surface area contributed by atoms with Crippen molar-refractivity contribution in [2.45, 2.75) is 32.3 Å². The summed E-state index contributed by atoms with van der Waals surface area (Å²) in [5.74, 6) is -2.45. The highest BCUT2D eigenvalue weighted by atomic mass is 19.2. The molecule has 1 N–H and O–H groups in total. The van der Waals surface area contributed by atoms with Crippen LogP contribution in [0.1, 0.15) is 31.7 Å². The molecule has 0 fully saturated rings. The Kier molecular flexibility index (Phi) is 6.99. The van der Waals surface area contributed by atoms with Crippen LogP contribution in [0.25, 0.3) is 27.8 Å². The lowest BCUT2D eigenvalue weighted by Crippen LogP contribution is -2.10. The molecule has 1 unspecified atom stereocenters. The van der Waals surface area contributed by atoms with Crippen LogP contribution >= 0.6 is 0 Å². The molecule has 0 aromatic heterocycles. The van der Waals surface area contributed by atoms with Crippen molar-refractivity contribution in [1.29, 1.82) is 0 Å². The molecule has 4 rings (SSSR count). The summed E-state index contributed by atoms with van der Waals surface area (Å²) < 4.78 is 49.1. The van der Waals surface area contributed by atoms with Crippen LogP contribution in [0.4, 0.5) is 13.2 Å². The van der Waals surface area contributed by atoms with Crippen molar-refractivity contribution in [3.63, 3.8) is 0 Å². The summed E-state index contributed by atoms with van der Waals surface area (Å²) in [6, 6.07) is 14.9. The van der Waals surface area contributed by atoms with Gasteiger partial charge in [-0.1, -0.05) is 54.6 Å². The van der Waals surface area contributed by atoms with Crippen LogP contribution < -0.4 is 4.74 Å². The molecule has 3 aromatic rings. The molecule has 0 saturated heterocycles. The monoisotopic (exact) mass is 450 g/mol. The minimum absolute atomic E-state index is 0.130. The highest BCUT2D eigenvalue weighted by Gasteiger charge is 2.17. The number of rotatable bonds is 6. The number of hydrogen-bond acceptors (Lipinski definition) is 2. The van der Waals surface area contributed by atoms with E-state index in [1.165, 1.54) is 18.2 Å². The maximum atomic E-state index is 14.8. The van der Waals surface area contributed by atoms with Gasteiger partial charge in [0.15, 0.2) is 11.6 Å². The van der Waals surface area contributed by atoms with E-state index in [1.54, 1.807) is 42.5 Å². The van der Waals surface area contributed by atoms with Crippen molar-refractivity contribution in [1.82, 2.24) is 0 Å². The molecular formula is C28H25F3O2. The molecule has 33 heavy (non-hydrogen) atoms. The van der Waals surface area contributed by atoms with Crippen molar-refractivity contribution in [3.8, 4) is 28.0 Å². The quantitative estimate of drug-likeness (QED) is 0.399. The van der Waals surface area contributed by atoms with Gasteiger partial charge in [-0.2, -0.15) is 4.39 Å². The molecule has 5 heteroatoms. The number of allylic oxidation sites excluding steroid dienone is 2. The smallest absolute Gasteiger partial charge is 0.201 e. The maximum absolute atomic E-state index is 14.8. The van der Waals surface area contributed by atoms with Gasteiger partial charge >= 0.3 is 0 Å². The van der Waals surface area contributed by atoms with Crippen LogP contribution in [-0.2, 0) is 0 Å². The molecule has 0 saturated carbocycles. The fourth-order valence-electron chi connectivity index (χ4n) is 3.96. The molecule has 0 bridgehead atoms. The number of aliphatic hydroxyl groups excluding tert-OH is 1. The molecule has 0 heterocycles. The molecule has 3 aromatic carbocycles. The van der Waals surface area contributed by atoms with Gasteiger partial charge in [0.05, 0.1) is 6.10 Å². The third kappa shape index (κ3) is 5.04. The van der Waals surface area contributed by atoms with E-state index in [4.69, 9.17) is 4.74 Å². The summed E-state index contributed by atoms with van der Waals surface area (Å²) in [7, 11) is 0. The van der Waals surface area contributed by atoms with Gasteiger partial charge in [0.25, 0.3) is 0 Å². The standard InChI is InChI=1S/C28H25F3O2/c1-2-3-16-33-26-15-14-24(27(30)28(26)31)20-6-4-18(5-7-20)21-10-13-23(25(29)17-21)19-8-11-22(32)12-9-19/h2-8,10,13-15,17,22,32H,9,11-12,16H2,1H3/b3-2+. The zero-order valence-corrected chi connectivity index (χ0v) is 18.3. The third-order valence-corrected chi connectivity index (χ3v) is 5.85. The van der Waals surface area contributed by atoms with E-state index >= 15 is 0 Å². The molecule has 1 aliphatic carbocycles. The summed E-state index contributed by atoms with van der Waals surface area (Å²) in [5.41, 5.74) is 3.57. The van der Waals surface area contributed by atoms with Crippen molar-refractivity contribution in [3.05, 3.63) is 95.8 Å². The van der Waals surface area contributed by atoms with Gasteiger partial charge in [-0.25, -0.2) is 8.78 Å². The topological polar surface area (TPSA) is 29.5 Å². The first kappa shape index (κ1) is 22.9. The molecule has 170 valence electrons. The molecule has 0 radical (unpaired) electrons. The zero-order chi connectivity index (χ0) is 23.4. The molecular weight excluding hydrogens is 425 g/mol. The molecule has 2 nitrogen and oxygen atoms in total. The van der Waals surface area contributed by atoms with Crippen molar-refractivity contribution < 1.29 is 23.0 Å². The number of ether oxygens (including phenoxy) is 1. The summed E-state index contributed by atoms with van der Waals surface area (Å²) in [6.45, 7) is 1.98. The molecule has 0 spiro atoms. The average molecular weight is 451 g/mol. The summed E-state index contributed by atoms with van der Waals surface area (Å²) in [5, 5.41) is 9.64. The van der Waals surface area contributed by atoms with Crippen molar-refractivity contribution in [2.24, 2.45) is 0 Å². The minimum atomic E-state index is -1.02. The SMILES string of the molecule is C/C=C/COc1ccc(-c2ccc(-c3ccc(C4=CCC(O)CC4)c(F)c3)cc2)c(F)c1F. The molecule has 0 aliphatic heterocycles. The second-order valence-corrected chi connectivity index (χ2v) is 8.05. The Morgan fingerprint density at radius 1 is 0.909 bits per heavy atom. The van der Waals surface area contributed by atoms with E-state index in [1.807, 2.05) is 19.1 Å². The van der Waals surface area contributed by atoms with Gasteiger partial charge in [0, 0.05) is 11.1 Å². The van der Waals surface area contributed by atoms with Crippen LogP contribution in [0.3, 0.4) is 0 Å². The van der Waals surface area contributed by atoms with E-state index in [-0.39, 0.29) is 29.8 Å². The van der Waals surface area contributed by atoms with Crippen LogP contribution in [0.5, 0.6) is 5.75 Å². The van der Waals surface area contributed by atoms with E-state index < -0.39 is 11.6 Å². The van der Waals surface area contributed by atoms with Gasteiger partial charge in [0.1, 0.15) is 12.4 Å². The van der Waals surface area contributed by atoms with Crippen LogP contribution in [-0.4, -0.2) is 17.8 Å². The first-order valence-electron chi connectivity index (χ1n) is 11.0. The largest absolute Gasteiger partial charge is 0.486 e. The number of benzene rings is 3. The average Bonchev–Trinajstić information content (AvgIpc) is 2.83. The highest BCUT2D eigenvalue weighted by molar-refractivity contribution is 5.74. The third-order valence-electron chi connectivity index (χ3n) is 5.85. The number of hydrogen-bond donors (Lipinski definition) is 1. The lowest BCUT2D eigenvalue weighted by Gasteiger charge is -2.18. The Morgan fingerprint density at radius 2 is 1.61 bits per heavy atom. The van der Waals surface area contributed by atoms with E-state index in [0.717, 1.165) is 11.1 Å². The van der Waals surface area contributed by atoms with Gasteiger partial charge in [-0.3, -0.25) is 0 Å². The molecule has 1 aliphatic rings. The Labute approximate surface area is 191 Å². The van der Waals surface area contributed by atoms with E-state index in [2.05, 4.69) is 0 Å². The summed E-state index contributed by atoms with van der Waals surface area (Å²) in [6.07, 6.45) is 6.83. The molecule has 1 atom stereocenters. The Morgan fingerprint density at radius 3 is 2.27 bits per heavy atom. The van der Waals surface area contributed by atoms with Crippen LogP contribution in [0, 0.1) is 17.5 Å². The Bertz CT molecular complexity index is 1200.